The Kier molecular flexibility index (Phi) is 5.03. The summed E-state index contributed by atoms with van der Waals surface area (Å²) in [6, 6.07) is 7.89. The number of nitrogens with one attached hydrogen (secondary N) is 1. The first kappa shape index (κ1) is 18.1. The molecule has 0 bridgehead atoms. The standard InChI is InChI=1S/C18H17F3N2O3/c19-18(20,21)13-6-11(10-22)7-14(9-13)23-17(24)12-2-3-15-16(8-12)26-5-1-4-25-15/h2-3,6-9H,1,4-5,10,22H2,(H,23,24). The largest absolute Gasteiger partial charge is 0.490 e. The van der Waals surface area contributed by atoms with Crippen molar-refractivity contribution in [2.24, 2.45) is 5.73 Å². The second-order valence-corrected chi connectivity index (χ2v) is 5.79. The van der Waals surface area contributed by atoms with Crippen molar-refractivity contribution < 1.29 is 27.4 Å². The Bertz CT molecular complexity index is 822. The number of carbonyl (C=O) groups is 1. The summed E-state index contributed by atoms with van der Waals surface area (Å²) in [5, 5.41) is 2.48. The third kappa shape index (κ3) is 4.08. The third-order valence-electron chi connectivity index (χ3n) is 3.82. The monoisotopic (exact) mass is 366 g/mol. The van der Waals surface area contributed by atoms with Gasteiger partial charge in [-0.1, -0.05) is 0 Å². The maximum atomic E-state index is 13.0. The van der Waals surface area contributed by atoms with Crippen LogP contribution in [0.5, 0.6) is 11.5 Å². The van der Waals surface area contributed by atoms with Crippen LogP contribution in [-0.4, -0.2) is 19.1 Å². The van der Waals surface area contributed by atoms with E-state index in [4.69, 9.17) is 15.2 Å². The van der Waals surface area contributed by atoms with Crippen LogP contribution >= 0.6 is 0 Å². The summed E-state index contributed by atoms with van der Waals surface area (Å²) in [7, 11) is 0. The maximum Gasteiger partial charge on any atom is 0.416 e. The summed E-state index contributed by atoms with van der Waals surface area (Å²) in [6.07, 6.45) is -3.80. The number of fused-ring (bicyclic) bond motifs is 1. The molecule has 2 aromatic rings. The summed E-state index contributed by atoms with van der Waals surface area (Å²) >= 11 is 0. The number of hydrogen-bond donors (Lipinski definition) is 2. The molecule has 0 spiro atoms. The molecule has 0 saturated carbocycles. The molecule has 0 aromatic heterocycles. The van der Waals surface area contributed by atoms with Crippen LogP contribution in [0.1, 0.15) is 27.9 Å². The molecular weight excluding hydrogens is 349 g/mol. The Morgan fingerprint density at radius 2 is 1.81 bits per heavy atom. The van der Waals surface area contributed by atoms with Gasteiger partial charge in [0.2, 0.25) is 0 Å². The Labute approximate surface area is 147 Å². The molecule has 0 saturated heterocycles. The van der Waals surface area contributed by atoms with Crippen LogP contribution in [0.3, 0.4) is 0 Å². The predicted molar refractivity (Wildman–Crippen MR) is 89.3 cm³/mol. The van der Waals surface area contributed by atoms with Crippen LogP contribution in [-0.2, 0) is 12.7 Å². The van der Waals surface area contributed by atoms with Crippen molar-refractivity contribution in [1.29, 1.82) is 0 Å². The molecule has 3 N–H and O–H groups in total. The smallest absolute Gasteiger partial charge is 0.416 e. The second kappa shape index (κ2) is 7.25. The number of alkyl halides is 3. The van der Waals surface area contributed by atoms with E-state index in [-0.39, 0.29) is 23.4 Å². The zero-order chi connectivity index (χ0) is 18.7. The first-order valence-corrected chi connectivity index (χ1v) is 7.99. The SMILES string of the molecule is NCc1cc(NC(=O)c2ccc3c(c2)OCCCO3)cc(C(F)(F)F)c1. The van der Waals surface area contributed by atoms with Crippen LogP contribution in [0.15, 0.2) is 36.4 Å². The Morgan fingerprint density at radius 3 is 2.50 bits per heavy atom. The van der Waals surface area contributed by atoms with E-state index < -0.39 is 17.6 Å². The van der Waals surface area contributed by atoms with Gasteiger partial charge < -0.3 is 20.5 Å². The molecule has 0 radical (unpaired) electrons. The van der Waals surface area contributed by atoms with Crippen molar-refractivity contribution in [1.82, 2.24) is 0 Å². The molecule has 0 fully saturated rings. The van der Waals surface area contributed by atoms with Crippen LogP contribution in [0.4, 0.5) is 18.9 Å². The molecule has 0 aliphatic carbocycles. The topological polar surface area (TPSA) is 73.6 Å². The predicted octanol–water partition coefficient (Wildman–Crippen LogP) is 3.58. The average molecular weight is 366 g/mol. The molecule has 0 unspecified atom stereocenters. The number of ether oxygens (including phenoxy) is 2. The van der Waals surface area contributed by atoms with Crippen molar-refractivity contribution in [3.8, 4) is 11.5 Å². The normalized spacial score (nSPS) is 13.8. The highest BCUT2D eigenvalue weighted by molar-refractivity contribution is 6.04. The van der Waals surface area contributed by atoms with Crippen LogP contribution in [0.25, 0.3) is 0 Å². The fourth-order valence-electron chi connectivity index (χ4n) is 2.55. The molecule has 1 aliphatic rings. The molecular formula is C18H17F3N2O3. The van der Waals surface area contributed by atoms with E-state index in [2.05, 4.69) is 5.32 Å². The van der Waals surface area contributed by atoms with E-state index in [9.17, 15) is 18.0 Å². The van der Waals surface area contributed by atoms with Gasteiger partial charge in [0.1, 0.15) is 0 Å². The molecule has 1 amide bonds. The third-order valence-corrected chi connectivity index (χ3v) is 3.82. The lowest BCUT2D eigenvalue weighted by atomic mass is 10.1. The van der Waals surface area contributed by atoms with Gasteiger partial charge in [0.25, 0.3) is 5.91 Å². The van der Waals surface area contributed by atoms with Gasteiger partial charge in [-0.3, -0.25) is 4.79 Å². The zero-order valence-corrected chi connectivity index (χ0v) is 13.7. The molecule has 3 rings (SSSR count). The minimum Gasteiger partial charge on any atom is -0.490 e. The van der Waals surface area contributed by atoms with E-state index >= 15 is 0 Å². The number of nitrogens with two attached hydrogens (primary N) is 1. The lowest BCUT2D eigenvalue weighted by molar-refractivity contribution is -0.137. The summed E-state index contributed by atoms with van der Waals surface area (Å²) in [4.78, 5) is 12.4. The Morgan fingerprint density at radius 1 is 1.08 bits per heavy atom. The van der Waals surface area contributed by atoms with E-state index in [1.165, 1.54) is 18.2 Å². The van der Waals surface area contributed by atoms with Crippen molar-refractivity contribution in [2.45, 2.75) is 19.1 Å². The number of halogens is 3. The quantitative estimate of drug-likeness (QED) is 0.871. The Hall–Kier alpha value is -2.74. The van der Waals surface area contributed by atoms with Gasteiger partial charge in [0.15, 0.2) is 11.5 Å². The molecule has 26 heavy (non-hydrogen) atoms. The maximum absolute atomic E-state index is 13.0. The molecule has 1 heterocycles. The number of benzene rings is 2. The Balaban J connectivity index is 1.85. The van der Waals surface area contributed by atoms with Gasteiger partial charge in [-0.15, -0.1) is 0 Å². The summed E-state index contributed by atoms with van der Waals surface area (Å²) in [5.74, 6) is 0.410. The van der Waals surface area contributed by atoms with Crippen molar-refractivity contribution in [2.75, 3.05) is 18.5 Å². The lowest BCUT2D eigenvalue weighted by Crippen LogP contribution is -2.14. The highest BCUT2D eigenvalue weighted by atomic mass is 19.4. The van der Waals surface area contributed by atoms with Gasteiger partial charge in [0.05, 0.1) is 18.8 Å². The van der Waals surface area contributed by atoms with E-state index in [1.807, 2.05) is 0 Å². The second-order valence-electron chi connectivity index (χ2n) is 5.79. The fourth-order valence-corrected chi connectivity index (χ4v) is 2.55. The number of amides is 1. The highest BCUT2D eigenvalue weighted by Crippen LogP contribution is 2.33. The van der Waals surface area contributed by atoms with Gasteiger partial charge in [-0.05, 0) is 42.0 Å². The minimum absolute atomic E-state index is 0.0254. The van der Waals surface area contributed by atoms with Gasteiger partial charge in [-0.25, -0.2) is 0 Å². The minimum atomic E-state index is -4.53. The van der Waals surface area contributed by atoms with Crippen molar-refractivity contribution >= 4 is 11.6 Å². The molecule has 2 aromatic carbocycles. The molecule has 1 aliphatic heterocycles. The number of rotatable bonds is 3. The zero-order valence-electron chi connectivity index (χ0n) is 13.7. The van der Waals surface area contributed by atoms with Crippen LogP contribution in [0.2, 0.25) is 0 Å². The lowest BCUT2D eigenvalue weighted by Gasteiger charge is -2.13. The van der Waals surface area contributed by atoms with Crippen molar-refractivity contribution in [3.05, 3.63) is 53.1 Å². The van der Waals surface area contributed by atoms with E-state index in [0.717, 1.165) is 18.6 Å². The first-order valence-electron chi connectivity index (χ1n) is 7.99. The summed E-state index contributed by atoms with van der Waals surface area (Å²) in [6.45, 7) is 0.910. The molecule has 5 nitrogen and oxygen atoms in total. The summed E-state index contributed by atoms with van der Waals surface area (Å²) in [5.41, 5.74) is 5.14. The van der Waals surface area contributed by atoms with E-state index in [1.54, 1.807) is 6.07 Å². The number of hydrogen-bond acceptors (Lipinski definition) is 4. The average Bonchev–Trinajstić information content (AvgIpc) is 2.85. The van der Waals surface area contributed by atoms with Crippen molar-refractivity contribution in [3.63, 3.8) is 0 Å². The molecule has 8 heteroatoms. The van der Waals surface area contributed by atoms with Gasteiger partial charge in [0, 0.05) is 24.2 Å². The molecule has 0 atom stereocenters. The summed E-state index contributed by atoms with van der Waals surface area (Å²) < 4.78 is 50.0. The van der Waals surface area contributed by atoms with Gasteiger partial charge in [-0.2, -0.15) is 13.2 Å². The fraction of sp³-hybridized carbons (Fsp3) is 0.278. The van der Waals surface area contributed by atoms with Gasteiger partial charge >= 0.3 is 6.18 Å². The van der Waals surface area contributed by atoms with Crippen LogP contribution in [0, 0.1) is 0 Å². The highest BCUT2D eigenvalue weighted by Gasteiger charge is 2.31. The van der Waals surface area contributed by atoms with Crippen LogP contribution < -0.4 is 20.5 Å². The first-order chi connectivity index (χ1) is 12.4. The number of carbonyl (C=O) groups excluding carboxylic acids is 1. The van der Waals surface area contributed by atoms with E-state index in [0.29, 0.717) is 24.7 Å². The molecule has 138 valence electrons. The number of anilines is 1.